The summed E-state index contributed by atoms with van der Waals surface area (Å²) in [5.74, 6) is -1.93. The summed E-state index contributed by atoms with van der Waals surface area (Å²) in [6, 6.07) is 14.9. The molecule has 35 heavy (non-hydrogen) atoms. The van der Waals surface area contributed by atoms with Crippen LogP contribution >= 0.6 is 0 Å². The Balaban J connectivity index is 1.22. The summed E-state index contributed by atoms with van der Waals surface area (Å²) in [4.78, 5) is 37.8. The van der Waals surface area contributed by atoms with Gasteiger partial charge in [-0.3, -0.25) is 4.79 Å². The number of aliphatic hydroxyl groups excluding tert-OH is 1. The molecule has 3 N–H and O–H groups in total. The Kier molecular flexibility index (Phi) is 5.96. The van der Waals surface area contributed by atoms with Crippen LogP contribution in [0, 0.1) is 0 Å². The van der Waals surface area contributed by atoms with Crippen LogP contribution < -0.4 is 5.32 Å². The Hall–Kier alpha value is -4.18. The quantitative estimate of drug-likeness (QED) is 0.491. The molecule has 2 amide bonds. The number of carbonyl (C=O) groups is 3. The normalized spacial score (nSPS) is 18.7. The Morgan fingerprint density at radius 2 is 1.74 bits per heavy atom. The molecule has 1 saturated heterocycles. The maximum absolute atomic E-state index is 12.9. The van der Waals surface area contributed by atoms with E-state index in [1.54, 1.807) is 0 Å². The molecule has 0 radical (unpaired) electrons. The summed E-state index contributed by atoms with van der Waals surface area (Å²) in [5.41, 5.74) is 4.57. The van der Waals surface area contributed by atoms with Crippen molar-refractivity contribution in [2.75, 3.05) is 13.2 Å². The fraction of sp³-hybridized carbons (Fsp3) is 0.280. The first-order valence-electron chi connectivity index (χ1n) is 11.2. The van der Waals surface area contributed by atoms with Crippen LogP contribution in [0.4, 0.5) is 4.79 Å². The maximum Gasteiger partial charge on any atom is 0.407 e. The number of ether oxygens (including phenoxy) is 1. The molecule has 0 saturated carbocycles. The van der Waals surface area contributed by atoms with Crippen LogP contribution in [-0.2, 0) is 16.1 Å². The van der Waals surface area contributed by atoms with Crippen molar-refractivity contribution in [1.29, 1.82) is 0 Å². The Bertz CT molecular complexity index is 1240. The molecule has 3 aromatic rings. The molecule has 5 rings (SSSR count). The average Bonchev–Trinajstić information content (AvgIpc) is 3.57. The van der Waals surface area contributed by atoms with E-state index < -0.39 is 30.1 Å². The van der Waals surface area contributed by atoms with E-state index in [2.05, 4.69) is 10.5 Å². The van der Waals surface area contributed by atoms with Gasteiger partial charge in [0.15, 0.2) is 0 Å². The molecule has 180 valence electrons. The van der Waals surface area contributed by atoms with Crippen molar-refractivity contribution < 1.29 is 33.9 Å². The van der Waals surface area contributed by atoms with Crippen molar-refractivity contribution in [2.45, 2.75) is 31.0 Å². The molecule has 2 unspecified atom stereocenters. The fourth-order valence-electron chi connectivity index (χ4n) is 4.79. The lowest BCUT2D eigenvalue weighted by Gasteiger charge is -2.20. The second kappa shape index (κ2) is 9.22. The van der Waals surface area contributed by atoms with E-state index in [4.69, 9.17) is 9.26 Å². The molecule has 2 heterocycles. The van der Waals surface area contributed by atoms with Crippen LogP contribution in [0.3, 0.4) is 0 Å². The van der Waals surface area contributed by atoms with Gasteiger partial charge in [-0.05, 0) is 22.3 Å². The number of carboxylic acid groups (broad SMARTS) is 1. The first-order chi connectivity index (χ1) is 16.9. The second-order valence-electron chi connectivity index (χ2n) is 8.56. The number of hydrogen-bond donors (Lipinski definition) is 3. The number of β-amino-alcohol motifs (C(OH)–C–C–N with tert-alkyl or cyclic N) is 1. The van der Waals surface area contributed by atoms with Gasteiger partial charge in [-0.25, -0.2) is 9.59 Å². The molecule has 2 aliphatic rings. The smallest absolute Gasteiger partial charge is 0.407 e. The summed E-state index contributed by atoms with van der Waals surface area (Å²) in [7, 11) is 0. The molecule has 10 heteroatoms. The SMILES string of the molecule is O=C(NCc1nocc1C(=O)N1CC(O)CC1C(=O)O)OCC1c2ccccc2-c2ccccc21. The minimum Gasteiger partial charge on any atom is -0.480 e. The molecule has 1 aliphatic carbocycles. The van der Waals surface area contributed by atoms with Gasteiger partial charge in [-0.1, -0.05) is 53.7 Å². The molecular weight excluding hydrogens is 454 g/mol. The van der Waals surface area contributed by atoms with E-state index >= 15 is 0 Å². The average molecular weight is 477 g/mol. The Labute approximate surface area is 200 Å². The number of aliphatic carboxylic acids is 1. The number of aliphatic hydroxyl groups is 1. The minimum absolute atomic E-state index is 0.0179. The van der Waals surface area contributed by atoms with Crippen LogP contribution in [0.15, 0.2) is 59.3 Å². The van der Waals surface area contributed by atoms with Gasteiger partial charge in [0.05, 0.1) is 12.6 Å². The van der Waals surface area contributed by atoms with Crippen LogP contribution in [0.25, 0.3) is 11.1 Å². The first-order valence-corrected chi connectivity index (χ1v) is 11.2. The molecule has 0 spiro atoms. The number of alkyl carbamates (subject to hydrolysis) is 1. The van der Waals surface area contributed by atoms with Gasteiger partial charge >= 0.3 is 12.1 Å². The van der Waals surface area contributed by atoms with Gasteiger partial charge in [-0.15, -0.1) is 0 Å². The van der Waals surface area contributed by atoms with Crippen molar-refractivity contribution in [2.24, 2.45) is 0 Å². The molecule has 0 bridgehead atoms. The largest absolute Gasteiger partial charge is 0.480 e. The standard InChI is InChI=1S/C25H23N3O7/c29-14-9-22(24(31)32)28(11-14)23(30)20-13-35-27-21(20)10-26-25(33)34-12-19-17-7-3-1-5-15(17)16-6-2-4-8-18(16)19/h1-8,13-14,19,22,29H,9-12H2,(H,26,33)(H,31,32). The van der Waals surface area contributed by atoms with Crippen LogP contribution in [0.5, 0.6) is 0 Å². The summed E-state index contributed by atoms with van der Waals surface area (Å²) in [6.07, 6.45) is -0.573. The van der Waals surface area contributed by atoms with Gasteiger partial charge in [0, 0.05) is 18.9 Å². The fourth-order valence-corrected chi connectivity index (χ4v) is 4.79. The van der Waals surface area contributed by atoms with Gasteiger partial charge in [0.2, 0.25) is 0 Å². The number of fused-ring (bicyclic) bond motifs is 3. The van der Waals surface area contributed by atoms with E-state index in [-0.39, 0.29) is 43.3 Å². The zero-order valence-electron chi connectivity index (χ0n) is 18.6. The Morgan fingerprint density at radius 3 is 2.40 bits per heavy atom. The third-order valence-corrected chi connectivity index (χ3v) is 6.44. The number of amides is 2. The van der Waals surface area contributed by atoms with E-state index in [9.17, 15) is 24.6 Å². The number of rotatable bonds is 6. The van der Waals surface area contributed by atoms with E-state index in [0.717, 1.165) is 33.4 Å². The van der Waals surface area contributed by atoms with E-state index in [0.29, 0.717) is 0 Å². The number of carboxylic acids is 1. The molecule has 1 fully saturated rings. The van der Waals surface area contributed by atoms with Gasteiger partial charge in [-0.2, -0.15) is 0 Å². The van der Waals surface area contributed by atoms with Crippen LogP contribution in [-0.4, -0.2) is 63.5 Å². The van der Waals surface area contributed by atoms with Crippen LogP contribution in [0.2, 0.25) is 0 Å². The maximum atomic E-state index is 12.9. The highest BCUT2D eigenvalue weighted by atomic mass is 16.5. The summed E-state index contributed by atoms with van der Waals surface area (Å²) >= 11 is 0. The van der Waals surface area contributed by atoms with E-state index in [1.165, 1.54) is 0 Å². The highest BCUT2D eigenvalue weighted by molar-refractivity contribution is 5.97. The molecular formula is C25H23N3O7. The zero-order chi connectivity index (χ0) is 24.5. The van der Waals surface area contributed by atoms with Gasteiger partial charge < -0.3 is 29.7 Å². The molecule has 2 aromatic carbocycles. The predicted octanol–water partition coefficient (Wildman–Crippen LogP) is 2.37. The topological polar surface area (TPSA) is 142 Å². The van der Waals surface area contributed by atoms with E-state index in [1.807, 2.05) is 48.5 Å². The lowest BCUT2D eigenvalue weighted by molar-refractivity contribution is -0.141. The number of carbonyl (C=O) groups excluding carboxylic acids is 2. The van der Waals surface area contributed by atoms with Crippen molar-refractivity contribution in [3.8, 4) is 11.1 Å². The number of nitrogens with zero attached hydrogens (tertiary/aromatic N) is 2. The molecule has 2 atom stereocenters. The lowest BCUT2D eigenvalue weighted by Crippen LogP contribution is -2.41. The van der Waals surface area contributed by atoms with Gasteiger partial charge in [0.25, 0.3) is 5.91 Å². The third-order valence-electron chi connectivity index (χ3n) is 6.44. The number of nitrogens with one attached hydrogen (secondary N) is 1. The van der Waals surface area contributed by atoms with Gasteiger partial charge in [0.1, 0.15) is 30.2 Å². The zero-order valence-corrected chi connectivity index (χ0v) is 18.6. The summed E-state index contributed by atoms with van der Waals surface area (Å²) < 4.78 is 10.4. The first kappa shape index (κ1) is 22.6. The second-order valence-corrected chi connectivity index (χ2v) is 8.56. The van der Waals surface area contributed by atoms with Crippen molar-refractivity contribution in [1.82, 2.24) is 15.4 Å². The van der Waals surface area contributed by atoms with Crippen molar-refractivity contribution in [3.05, 3.63) is 77.2 Å². The lowest BCUT2D eigenvalue weighted by atomic mass is 9.98. The molecule has 1 aromatic heterocycles. The predicted molar refractivity (Wildman–Crippen MR) is 121 cm³/mol. The highest BCUT2D eigenvalue weighted by Gasteiger charge is 2.40. The monoisotopic (exact) mass is 477 g/mol. The van der Waals surface area contributed by atoms with Crippen LogP contribution in [0.1, 0.15) is 39.5 Å². The number of benzene rings is 2. The minimum atomic E-state index is -1.20. The summed E-state index contributed by atoms with van der Waals surface area (Å²) in [6.45, 7) is -0.126. The number of aromatic nitrogens is 1. The number of hydrogen-bond acceptors (Lipinski definition) is 7. The number of likely N-dealkylation sites (tertiary alicyclic amines) is 1. The molecule has 1 aliphatic heterocycles. The molecule has 10 nitrogen and oxygen atoms in total. The van der Waals surface area contributed by atoms with Crippen molar-refractivity contribution in [3.63, 3.8) is 0 Å². The third kappa shape index (κ3) is 4.24. The van der Waals surface area contributed by atoms with Crippen molar-refractivity contribution >= 4 is 18.0 Å². The Morgan fingerprint density at radius 1 is 1.09 bits per heavy atom. The summed E-state index contributed by atoms with van der Waals surface area (Å²) in [5, 5.41) is 25.5. The highest BCUT2D eigenvalue weighted by Crippen LogP contribution is 2.44.